The van der Waals surface area contributed by atoms with Gasteiger partial charge in [0.2, 0.25) is 22.8 Å². The largest absolute Gasteiger partial charge is 0.308 e. The van der Waals surface area contributed by atoms with Crippen molar-refractivity contribution in [2.75, 3.05) is 0 Å². The van der Waals surface area contributed by atoms with Crippen molar-refractivity contribution in [3.05, 3.63) is 372 Å². The molecular formula is C114H91F6N17O4. The quantitative estimate of drug-likeness (QED) is 0.101. The van der Waals surface area contributed by atoms with Crippen LogP contribution in [0.1, 0.15) is 143 Å². The standard InChI is InChI=1S/2C31H24F2N4O.C27H23FN4O.C25H20FN5O/c1-16-14-21(18-9-7-11-24(33)27(18)35-16)30-36-26(19-8-5-6-10-23(19)32)20-12-13-22-17(2)28(38)25(34-4)15-31(22,3)29(20)37-30;1-16-13-22(21-14-18(32)9-12-25(21)35-16)30-36-27(19-7-5-6-8-24(19)33)20-10-11-23-17(2)28(38)26(34-4)15-31(23,3)29(20)37-30;1-15-13-17(11-12-30-15)26-31-23(18-7-5-6-8-21(18)28)19-9-10-20-16(2)24(33)22(29-4)14-27(20,3)25(19)32-26;1-14-18-9-8-17-21(16-6-4-5-7-19(16)26)30-24(15-10-11-28-29-13-15)31-23(17)25(18,2)12-20(27-3)22(14)32/h5-11,14-15,17,22H,12-13H2,1-3H3;5-9,12-15,17,23H,10-11H2,1-3H3;5-8,11-14,16,20H,9-10H2,1-3H3;4-7,10-14,18H,8-9H2,1-2H3/t17-,22-,31-;17-,23-,31-;16-,20-,27-;14-,18-,25-/m1111/s1. The van der Waals surface area contributed by atoms with E-state index in [0.29, 0.717) is 163 Å². The molecule has 141 heavy (non-hydrogen) atoms. The lowest BCUT2D eigenvalue weighted by Gasteiger charge is -2.46. The van der Waals surface area contributed by atoms with Crippen LogP contribution in [0, 0.1) is 129 Å². The maximum atomic E-state index is 15.2. The van der Waals surface area contributed by atoms with Gasteiger partial charge in [-0.1, -0.05) is 140 Å². The van der Waals surface area contributed by atoms with Crippen molar-refractivity contribution in [2.24, 2.45) is 47.3 Å². The summed E-state index contributed by atoms with van der Waals surface area (Å²) in [4.78, 5) is 118. The smallest absolute Gasteiger partial charge is 0.226 e. The van der Waals surface area contributed by atoms with E-state index in [1.807, 2.05) is 93.5 Å². The van der Waals surface area contributed by atoms with Crippen LogP contribution in [0.25, 0.3) is 132 Å². The molecule has 21 nitrogen and oxygen atoms in total. The van der Waals surface area contributed by atoms with Crippen LogP contribution in [0.3, 0.4) is 0 Å². The van der Waals surface area contributed by atoms with Gasteiger partial charge < -0.3 is 19.2 Å². The van der Waals surface area contributed by atoms with E-state index in [1.54, 1.807) is 147 Å². The Morgan fingerprint density at radius 3 is 1.03 bits per heavy atom. The lowest BCUT2D eigenvalue weighted by Crippen LogP contribution is -2.46. The van der Waals surface area contributed by atoms with E-state index < -0.39 is 44.9 Å². The van der Waals surface area contributed by atoms with Crippen LogP contribution in [-0.2, 0) is 66.5 Å². The highest BCUT2D eigenvalue weighted by atomic mass is 19.1. The third-order valence-corrected chi connectivity index (χ3v) is 30.1. The van der Waals surface area contributed by atoms with Crippen molar-refractivity contribution in [2.45, 2.75) is 149 Å². The summed E-state index contributed by atoms with van der Waals surface area (Å²) in [5.41, 5.74) is 13.2. The number of hydrogen-bond acceptors (Lipinski definition) is 17. The molecule has 6 aromatic carbocycles. The highest BCUT2D eigenvalue weighted by Gasteiger charge is 2.55. The van der Waals surface area contributed by atoms with E-state index in [4.69, 9.17) is 66.2 Å². The number of allylic oxidation sites excluding steroid dienone is 8. The number of halogens is 6. The van der Waals surface area contributed by atoms with Gasteiger partial charge in [-0.3, -0.25) is 9.97 Å². The average Bonchev–Trinajstić information content (AvgIpc) is 0.723. The molecule has 0 aliphatic heterocycles. The molecule has 14 aromatic rings. The van der Waals surface area contributed by atoms with E-state index in [0.717, 1.165) is 57.7 Å². The zero-order valence-electron chi connectivity index (χ0n) is 78.9. The Bertz CT molecular complexity index is 7830. The molecule has 0 spiro atoms. The van der Waals surface area contributed by atoms with E-state index in [2.05, 4.69) is 44.5 Å². The fraction of sp³-hybridized carbons (Fsp3) is 0.272. The second-order valence-electron chi connectivity index (χ2n) is 38.4. The minimum absolute atomic E-state index is 0.000199. The summed E-state index contributed by atoms with van der Waals surface area (Å²) in [5, 5.41) is 8.87. The third kappa shape index (κ3) is 16.2. The van der Waals surface area contributed by atoms with Crippen LogP contribution in [-0.4, -0.2) is 88.2 Å². The SMILES string of the molecule is [C-]#[N+]C1=C[C@@]2(C)c3nc(-c4cc(C)nc5c(F)cccc45)nc(-c4ccccc4F)c3CC[C@@H]2[C@@H](C)C1=O.[C-]#[N+]C1=C[C@@]2(C)c3nc(-c4cc(C)nc5ccc(F)cc45)nc(-c4ccccc4F)c3CC[C@@H]2[C@@H](C)C1=O.[C-]#[N+]C1=C[C@@]2(C)c3nc(-c4ccnc(C)c4)nc(-c4ccccc4F)c3CC[C@@H]2[C@@H](C)C1=O.[C-]#[N+]C1=C[C@@]2(C)c3nc(-c4ccnnc4)nc(-c4ccccc4F)c3CC[C@@H]2[C@@H](C)C1=O. The number of para-hydroxylation sites is 1. The number of pyridine rings is 3. The van der Waals surface area contributed by atoms with Gasteiger partial charge in [-0.05, 0) is 199 Å². The molecule has 0 amide bonds. The van der Waals surface area contributed by atoms with Gasteiger partial charge in [0.15, 0.2) is 46.4 Å². The molecule has 0 radical (unpaired) electrons. The number of aryl methyl sites for hydroxylation is 3. The Kier molecular flexibility index (Phi) is 24.4. The molecule has 0 N–H and O–H groups in total. The first-order valence-electron chi connectivity index (χ1n) is 46.8. The Morgan fingerprint density at radius 2 is 0.667 bits per heavy atom. The van der Waals surface area contributed by atoms with Crippen LogP contribution in [0.4, 0.5) is 26.3 Å². The normalized spacial score (nSPS) is 23.2. The lowest BCUT2D eigenvalue weighted by molar-refractivity contribution is -0.122. The first-order valence-corrected chi connectivity index (χ1v) is 46.8. The van der Waals surface area contributed by atoms with E-state index >= 15 is 8.78 Å². The van der Waals surface area contributed by atoms with Gasteiger partial charge in [0, 0.05) is 146 Å². The highest BCUT2D eigenvalue weighted by molar-refractivity contribution is 6.03. The van der Waals surface area contributed by atoms with Crippen molar-refractivity contribution in [1.29, 1.82) is 0 Å². The fourth-order valence-electron chi connectivity index (χ4n) is 23.1. The first-order chi connectivity index (χ1) is 67.7. The molecule has 8 heterocycles. The minimum Gasteiger partial charge on any atom is -0.308 e. The Labute approximate surface area is 810 Å². The third-order valence-electron chi connectivity index (χ3n) is 30.1. The molecule has 12 atom stereocenters. The van der Waals surface area contributed by atoms with Crippen LogP contribution in [0.5, 0.6) is 0 Å². The summed E-state index contributed by atoms with van der Waals surface area (Å²) >= 11 is 0. The molecule has 0 saturated heterocycles. The van der Waals surface area contributed by atoms with Crippen molar-refractivity contribution in [3.8, 4) is 90.6 Å². The van der Waals surface area contributed by atoms with Gasteiger partial charge in [0.05, 0.1) is 89.8 Å². The number of hydrogen-bond donors (Lipinski definition) is 0. The zero-order valence-corrected chi connectivity index (χ0v) is 78.9. The maximum Gasteiger partial charge on any atom is 0.226 e. The van der Waals surface area contributed by atoms with Crippen LogP contribution < -0.4 is 0 Å². The second kappa shape index (κ2) is 36.7. The number of benzene rings is 6. The lowest BCUT2D eigenvalue weighted by atomic mass is 9.58. The fourth-order valence-corrected chi connectivity index (χ4v) is 23.1. The van der Waals surface area contributed by atoms with Gasteiger partial charge >= 0.3 is 0 Å². The molecule has 0 bridgehead atoms. The van der Waals surface area contributed by atoms with Crippen molar-refractivity contribution >= 4 is 44.9 Å². The maximum absolute atomic E-state index is 15.2. The average molecular weight is 1880 g/mol. The van der Waals surface area contributed by atoms with Gasteiger partial charge in [0.25, 0.3) is 0 Å². The second-order valence-corrected chi connectivity index (χ2v) is 38.4. The molecule has 8 aliphatic rings. The number of aromatic nitrogens is 13. The summed E-state index contributed by atoms with van der Waals surface area (Å²) in [6, 6.07) is 44.4. The summed E-state index contributed by atoms with van der Waals surface area (Å²) in [7, 11) is 0. The van der Waals surface area contributed by atoms with Crippen LogP contribution in [0.15, 0.2) is 229 Å². The zero-order chi connectivity index (χ0) is 99.3. The predicted octanol–water partition coefficient (Wildman–Crippen LogP) is 23.7. The van der Waals surface area contributed by atoms with Gasteiger partial charge in [0.1, 0.15) is 40.4 Å². The number of nitrogens with zero attached hydrogens (tertiary/aromatic N) is 17. The minimum atomic E-state index is -0.735. The molecule has 0 fully saturated rings. The molecular weight excluding hydrogens is 1790 g/mol. The van der Waals surface area contributed by atoms with Gasteiger partial charge in [-0.2, -0.15) is 10.2 Å². The summed E-state index contributed by atoms with van der Waals surface area (Å²) in [5.74, 6) is -2.74. The Balaban J connectivity index is 0.000000120. The Hall–Kier alpha value is -16.1. The monoisotopic (exact) mass is 1880 g/mol. The molecule has 8 aromatic heterocycles. The van der Waals surface area contributed by atoms with Gasteiger partial charge in [-0.25, -0.2) is 90.6 Å². The van der Waals surface area contributed by atoms with Crippen molar-refractivity contribution in [3.63, 3.8) is 0 Å². The summed E-state index contributed by atoms with van der Waals surface area (Å²) in [6.45, 7) is 51.4. The van der Waals surface area contributed by atoms with Crippen molar-refractivity contribution in [1.82, 2.24) is 65.0 Å². The van der Waals surface area contributed by atoms with Crippen molar-refractivity contribution < 1.29 is 45.5 Å². The molecule has 27 heteroatoms. The molecule has 0 saturated carbocycles. The summed E-state index contributed by atoms with van der Waals surface area (Å²) < 4.78 is 89.3. The summed E-state index contributed by atoms with van der Waals surface area (Å²) in [6.07, 6.45) is 17.1. The van der Waals surface area contributed by atoms with E-state index in [9.17, 15) is 36.7 Å². The van der Waals surface area contributed by atoms with Crippen LogP contribution in [0.2, 0.25) is 0 Å². The number of ketones is 4. The van der Waals surface area contributed by atoms with Crippen LogP contribution >= 0.6 is 0 Å². The Morgan fingerprint density at radius 1 is 0.326 bits per heavy atom. The number of fused-ring (bicyclic) bond motifs is 14. The number of rotatable bonds is 8. The highest BCUT2D eigenvalue weighted by Crippen LogP contribution is 2.57. The molecule has 698 valence electrons. The van der Waals surface area contributed by atoms with E-state index in [1.165, 1.54) is 42.5 Å². The molecule has 22 rings (SSSR count). The van der Waals surface area contributed by atoms with E-state index in [-0.39, 0.29) is 110 Å². The van der Waals surface area contributed by atoms with Gasteiger partial charge in [-0.15, -0.1) is 0 Å². The molecule has 8 aliphatic carbocycles. The molecule has 0 unspecified atom stereocenters. The number of Topliss-reactive ketones (excluding diaryl/α,β-unsaturated/α-hetero) is 4. The topological polar surface area (TPSA) is 253 Å². The predicted molar refractivity (Wildman–Crippen MR) is 522 cm³/mol. The number of carbonyl (C=O) groups is 4. The first kappa shape index (κ1) is 93.9. The number of carbonyl (C=O) groups excluding carboxylic acids is 4.